The number of nitrogens with one attached hydrogen (secondary N) is 4. The fourth-order valence-electron chi connectivity index (χ4n) is 7.47. The van der Waals surface area contributed by atoms with E-state index in [1.807, 2.05) is 20.8 Å². The lowest BCUT2D eigenvalue weighted by molar-refractivity contribution is -0.145. The van der Waals surface area contributed by atoms with E-state index < -0.39 is 69.1 Å². The molecule has 1 unspecified atom stereocenters. The topological polar surface area (TPSA) is 174 Å². The van der Waals surface area contributed by atoms with E-state index in [0.717, 1.165) is 37.0 Å². The van der Waals surface area contributed by atoms with Gasteiger partial charge in [0.2, 0.25) is 17.6 Å². The number of sulfonamides is 1. The molecule has 53 heavy (non-hydrogen) atoms. The van der Waals surface area contributed by atoms with Gasteiger partial charge in [-0.3, -0.25) is 19.2 Å². The number of Topliss-reactive ketones (excluding diaryl/α,β-unsaturated/α-hetero) is 1. The molecule has 5 rings (SSSR count). The smallest absolute Gasteiger partial charge is 0.315 e. The predicted octanol–water partition coefficient (Wildman–Crippen LogP) is 3.45. The van der Waals surface area contributed by atoms with Crippen LogP contribution < -0.4 is 21.3 Å². The van der Waals surface area contributed by atoms with Gasteiger partial charge in [0.05, 0.1) is 12.1 Å². The standard InChI is InChI=1S/C38H56N6O7S2/c1-9-16-39-34(47)31(45)26(18-23-12-13-23)40-33(46)30-29-25(38(29,7)8)20-44(30)35(48)32(37(4,5)6)42-36(49)41-27(22(2)3)21-43(19-24-14-15-24)53(50,51)28-11-10-17-52-28/h9-11,17,23-27,29-30,32H,1-2,12-16,18-21H2,3-8H3,(H,39,47)(H,40,46)(H2,41,42,49)/t25-,26?,27+,29-,30-,32+/m0/s1. The number of likely N-dealkylation sites (tertiary alicyclic amines) is 1. The molecule has 0 bridgehead atoms. The van der Waals surface area contributed by atoms with Crippen molar-refractivity contribution in [2.24, 2.45) is 34.5 Å². The summed E-state index contributed by atoms with van der Waals surface area (Å²) in [5, 5.41) is 12.8. The summed E-state index contributed by atoms with van der Waals surface area (Å²) >= 11 is 1.14. The number of urea groups is 1. The first-order valence-electron chi connectivity index (χ1n) is 18.6. The molecule has 0 radical (unpaired) electrons. The molecule has 13 nitrogen and oxygen atoms in total. The minimum Gasteiger partial charge on any atom is -0.346 e. The fourth-order valence-corrected chi connectivity index (χ4v) is 10.1. The second kappa shape index (κ2) is 15.7. The summed E-state index contributed by atoms with van der Waals surface area (Å²) < 4.78 is 28.8. The first-order valence-corrected chi connectivity index (χ1v) is 20.9. The summed E-state index contributed by atoms with van der Waals surface area (Å²) in [6.07, 6.45) is 5.51. The van der Waals surface area contributed by atoms with Crippen molar-refractivity contribution in [1.82, 2.24) is 30.5 Å². The fraction of sp³-hybridized carbons (Fsp3) is 0.658. The Balaban J connectivity index is 1.32. The Morgan fingerprint density at radius 1 is 1.06 bits per heavy atom. The Morgan fingerprint density at radius 2 is 1.72 bits per heavy atom. The van der Waals surface area contributed by atoms with Gasteiger partial charge in [-0.2, -0.15) is 4.31 Å². The molecule has 292 valence electrons. The van der Waals surface area contributed by atoms with E-state index in [1.54, 1.807) is 24.4 Å². The zero-order chi connectivity index (χ0) is 39.0. The molecule has 3 aliphatic carbocycles. The summed E-state index contributed by atoms with van der Waals surface area (Å²) in [4.78, 5) is 69.7. The van der Waals surface area contributed by atoms with E-state index in [0.29, 0.717) is 25.1 Å². The third kappa shape index (κ3) is 9.40. The summed E-state index contributed by atoms with van der Waals surface area (Å²) in [5.74, 6) is -2.09. The van der Waals surface area contributed by atoms with Crippen molar-refractivity contribution in [3.8, 4) is 0 Å². The molecule has 4 fully saturated rings. The van der Waals surface area contributed by atoms with Crippen LogP contribution in [0, 0.1) is 34.5 Å². The normalized spacial score (nSPS) is 23.6. The summed E-state index contributed by atoms with van der Waals surface area (Å²) in [5.41, 5.74) is -0.457. The Hall–Kier alpha value is -3.56. The Labute approximate surface area is 317 Å². The van der Waals surface area contributed by atoms with Crippen LogP contribution in [0.3, 0.4) is 0 Å². The average Bonchev–Trinajstić information content (AvgIpc) is 4.03. The number of nitrogens with zero attached hydrogens (tertiary/aromatic N) is 2. The molecule has 4 aliphatic rings. The maximum atomic E-state index is 14.5. The van der Waals surface area contributed by atoms with Gasteiger partial charge in [0.15, 0.2) is 0 Å². The first-order chi connectivity index (χ1) is 24.8. The number of amides is 5. The molecule has 5 amide bonds. The molecule has 6 atom stereocenters. The highest BCUT2D eigenvalue weighted by Crippen LogP contribution is 2.65. The lowest BCUT2D eigenvalue weighted by Crippen LogP contribution is -2.62. The van der Waals surface area contributed by atoms with Gasteiger partial charge in [-0.25, -0.2) is 13.2 Å². The molecule has 3 saturated carbocycles. The van der Waals surface area contributed by atoms with E-state index in [-0.39, 0.29) is 46.4 Å². The Morgan fingerprint density at radius 3 is 2.26 bits per heavy atom. The average molecular weight is 773 g/mol. The number of piperidine rings is 1. The quantitative estimate of drug-likeness (QED) is 0.131. The molecule has 1 saturated heterocycles. The van der Waals surface area contributed by atoms with Crippen molar-refractivity contribution in [3.63, 3.8) is 0 Å². The van der Waals surface area contributed by atoms with Crippen molar-refractivity contribution < 1.29 is 32.4 Å². The van der Waals surface area contributed by atoms with Crippen molar-refractivity contribution in [2.75, 3.05) is 26.2 Å². The predicted molar refractivity (Wildman–Crippen MR) is 203 cm³/mol. The van der Waals surface area contributed by atoms with Crippen LogP contribution in [-0.2, 0) is 29.2 Å². The number of hydrogen-bond donors (Lipinski definition) is 4. The molecule has 0 aromatic carbocycles. The van der Waals surface area contributed by atoms with Crippen molar-refractivity contribution in [3.05, 3.63) is 42.3 Å². The third-order valence-corrected chi connectivity index (χ3v) is 14.4. The number of ketones is 1. The van der Waals surface area contributed by atoms with Crippen LogP contribution in [0.5, 0.6) is 0 Å². The van der Waals surface area contributed by atoms with E-state index in [4.69, 9.17) is 0 Å². The van der Waals surface area contributed by atoms with Crippen LogP contribution in [0.1, 0.15) is 73.6 Å². The highest BCUT2D eigenvalue weighted by molar-refractivity contribution is 7.91. The van der Waals surface area contributed by atoms with Crippen LogP contribution in [0.2, 0.25) is 0 Å². The Bertz CT molecular complexity index is 1710. The lowest BCUT2D eigenvalue weighted by Gasteiger charge is -2.38. The van der Waals surface area contributed by atoms with Gasteiger partial charge in [-0.15, -0.1) is 17.9 Å². The zero-order valence-electron chi connectivity index (χ0n) is 31.8. The third-order valence-electron chi connectivity index (χ3n) is 11.2. The van der Waals surface area contributed by atoms with E-state index >= 15 is 0 Å². The van der Waals surface area contributed by atoms with Crippen LogP contribution in [0.15, 0.2) is 46.5 Å². The number of carbonyl (C=O) groups excluding carboxylic acids is 5. The molecular formula is C38H56N6O7S2. The molecule has 1 aromatic heterocycles. The molecule has 1 aliphatic heterocycles. The maximum Gasteiger partial charge on any atom is 0.315 e. The number of carbonyl (C=O) groups is 5. The number of rotatable bonds is 18. The SMILES string of the molecule is C=CCNC(=O)C(=O)C(CC1CC1)NC(=O)[C@@H]1[C@@H]2[C@H](CN1C(=O)[C@@H](NC(=O)N[C@H](CN(CC1CC1)S(=O)(=O)c1cccs1)C(=C)C)C(C)(C)C)C2(C)C. The first kappa shape index (κ1) is 40.6. The second-order valence-electron chi connectivity index (χ2n) is 17.0. The molecule has 15 heteroatoms. The van der Waals surface area contributed by atoms with Crippen LogP contribution in [0.25, 0.3) is 0 Å². The molecule has 0 spiro atoms. The van der Waals surface area contributed by atoms with E-state index in [1.165, 1.54) is 15.3 Å². The molecule has 2 heterocycles. The summed E-state index contributed by atoms with van der Waals surface area (Å²) in [6.45, 7) is 19.6. The molecule has 1 aromatic rings. The molecular weight excluding hydrogens is 717 g/mol. The van der Waals surface area contributed by atoms with Gasteiger partial charge in [0, 0.05) is 26.2 Å². The Kier molecular flexibility index (Phi) is 12.0. The van der Waals surface area contributed by atoms with Gasteiger partial charge < -0.3 is 26.2 Å². The summed E-state index contributed by atoms with van der Waals surface area (Å²) in [6, 6.07) is -1.14. The number of hydrogen-bond acceptors (Lipinski definition) is 8. The van der Waals surface area contributed by atoms with Crippen molar-refractivity contribution in [1.29, 1.82) is 0 Å². The van der Waals surface area contributed by atoms with Crippen LogP contribution in [0.4, 0.5) is 4.79 Å². The number of fused-ring (bicyclic) bond motifs is 1. The van der Waals surface area contributed by atoms with Gasteiger partial charge in [0.25, 0.3) is 15.9 Å². The van der Waals surface area contributed by atoms with E-state index in [2.05, 4.69) is 48.3 Å². The van der Waals surface area contributed by atoms with Gasteiger partial charge in [0.1, 0.15) is 16.3 Å². The number of thiophene rings is 1. The van der Waals surface area contributed by atoms with Gasteiger partial charge in [-0.05, 0) is 72.1 Å². The van der Waals surface area contributed by atoms with Crippen LogP contribution in [-0.4, -0.2) is 97.5 Å². The minimum absolute atomic E-state index is 0.0210. The van der Waals surface area contributed by atoms with Crippen LogP contribution >= 0.6 is 11.3 Å². The second-order valence-corrected chi connectivity index (χ2v) is 20.1. The van der Waals surface area contributed by atoms with Gasteiger partial charge >= 0.3 is 6.03 Å². The highest BCUT2D eigenvalue weighted by Gasteiger charge is 2.70. The van der Waals surface area contributed by atoms with Crippen molar-refractivity contribution >= 4 is 50.9 Å². The van der Waals surface area contributed by atoms with E-state index in [9.17, 15) is 32.4 Å². The van der Waals surface area contributed by atoms with Crippen molar-refractivity contribution in [2.45, 2.75) is 102 Å². The summed E-state index contributed by atoms with van der Waals surface area (Å²) in [7, 11) is -3.81. The largest absolute Gasteiger partial charge is 0.346 e. The lowest BCUT2D eigenvalue weighted by atomic mass is 9.85. The minimum atomic E-state index is -3.81. The highest BCUT2D eigenvalue weighted by atomic mass is 32.2. The maximum absolute atomic E-state index is 14.5. The van der Waals surface area contributed by atoms with Gasteiger partial charge in [-0.1, -0.05) is 71.8 Å². The monoisotopic (exact) mass is 772 g/mol. The molecule has 4 N–H and O–H groups in total. The zero-order valence-corrected chi connectivity index (χ0v) is 33.4.